The van der Waals surface area contributed by atoms with Crippen LogP contribution in [-0.2, 0) is 11.2 Å². The highest BCUT2D eigenvalue weighted by molar-refractivity contribution is 6.04. The van der Waals surface area contributed by atoms with E-state index in [2.05, 4.69) is 33.0 Å². The number of hydrogen-bond acceptors (Lipinski definition) is 4. The first kappa shape index (κ1) is 21.0. The number of nitrogens with one attached hydrogen (secondary N) is 1. The van der Waals surface area contributed by atoms with Crippen LogP contribution in [0.1, 0.15) is 61.7 Å². The Morgan fingerprint density at radius 1 is 1.21 bits per heavy atom. The van der Waals surface area contributed by atoms with Crippen molar-refractivity contribution < 1.29 is 9.53 Å². The van der Waals surface area contributed by atoms with Gasteiger partial charge >= 0.3 is 0 Å². The van der Waals surface area contributed by atoms with Crippen LogP contribution in [0.15, 0.2) is 35.3 Å². The van der Waals surface area contributed by atoms with E-state index in [0.29, 0.717) is 11.8 Å². The van der Waals surface area contributed by atoms with E-state index in [0.717, 1.165) is 34.5 Å². The number of nitrogens with zero attached hydrogens (tertiary/aromatic N) is 2. The van der Waals surface area contributed by atoms with Gasteiger partial charge in [-0.05, 0) is 44.7 Å². The van der Waals surface area contributed by atoms with Crippen LogP contribution in [0.4, 0.5) is 0 Å². The van der Waals surface area contributed by atoms with Gasteiger partial charge in [0.25, 0.3) is 5.91 Å². The van der Waals surface area contributed by atoms with Crippen molar-refractivity contribution in [3.63, 3.8) is 0 Å². The van der Waals surface area contributed by atoms with Crippen LogP contribution < -0.4 is 10.1 Å². The molecule has 0 spiro atoms. The number of ether oxygens (including phenoxy) is 1. The summed E-state index contributed by atoms with van der Waals surface area (Å²) < 4.78 is 5.74. The summed E-state index contributed by atoms with van der Waals surface area (Å²) in [7, 11) is 0. The summed E-state index contributed by atoms with van der Waals surface area (Å²) in [4.78, 5) is 21.9. The molecule has 0 fully saturated rings. The molecule has 1 N–H and O–H groups in total. The molecule has 0 bridgehead atoms. The first-order valence-electron chi connectivity index (χ1n) is 10.3. The Hall–Kier alpha value is -2.69. The van der Waals surface area contributed by atoms with Crippen LogP contribution in [0.2, 0.25) is 0 Å². The third-order valence-corrected chi connectivity index (χ3v) is 5.23. The number of aromatic nitrogens is 1. The molecule has 0 radical (unpaired) electrons. The molecule has 1 aliphatic heterocycles. The smallest absolute Gasteiger partial charge is 0.258 e. The Morgan fingerprint density at radius 3 is 2.55 bits per heavy atom. The molecule has 5 nitrogen and oxygen atoms in total. The second kappa shape index (κ2) is 8.76. The fourth-order valence-corrected chi connectivity index (χ4v) is 3.70. The van der Waals surface area contributed by atoms with Crippen LogP contribution in [-0.4, -0.2) is 29.3 Å². The number of fused-ring (bicyclic) bond motifs is 1. The molecule has 0 saturated carbocycles. The van der Waals surface area contributed by atoms with E-state index in [9.17, 15) is 4.79 Å². The molecule has 154 valence electrons. The standard InChI is InChI=1S/C24H31N3O2/c1-14(2)24-23-16(4)11-22(27-20(23)12-17(5)25-24)29-13-21(28)26-18(6)19-9-7-15(3)8-10-19/h7-11,14,17-18H,12-13H2,1-6H3,(H,26,28)/t17?,18-/m0/s1. The van der Waals surface area contributed by atoms with Gasteiger partial charge in [0.2, 0.25) is 5.88 Å². The molecular formula is C24H31N3O2. The second-order valence-corrected chi connectivity index (χ2v) is 8.31. The van der Waals surface area contributed by atoms with Crippen molar-refractivity contribution >= 4 is 11.6 Å². The molecule has 2 heterocycles. The van der Waals surface area contributed by atoms with E-state index in [1.807, 2.05) is 44.2 Å². The van der Waals surface area contributed by atoms with Crippen molar-refractivity contribution in [2.45, 2.75) is 60.0 Å². The number of pyridine rings is 1. The summed E-state index contributed by atoms with van der Waals surface area (Å²) in [5.74, 6) is 0.683. The van der Waals surface area contributed by atoms with Crippen molar-refractivity contribution in [3.8, 4) is 5.88 Å². The Morgan fingerprint density at radius 2 is 1.90 bits per heavy atom. The van der Waals surface area contributed by atoms with E-state index in [1.54, 1.807) is 0 Å². The highest BCUT2D eigenvalue weighted by atomic mass is 16.5. The van der Waals surface area contributed by atoms with Crippen molar-refractivity contribution in [1.82, 2.24) is 10.3 Å². The molecule has 1 aromatic heterocycles. The maximum Gasteiger partial charge on any atom is 0.258 e. The maximum absolute atomic E-state index is 12.4. The molecule has 2 atom stereocenters. The van der Waals surface area contributed by atoms with E-state index in [4.69, 9.17) is 14.7 Å². The van der Waals surface area contributed by atoms with Gasteiger partial charge in [0.05, 0.1) is 17.8 Å². The first-order valence-corrected chi connectivity index (χ1v) is 10.3. The summed E-state index contributed by atoms with van der Waals surface area (Å²) in [6, 6.07) is 10.2. The lowest BCUT2D eigenvalue weighted by molar-refractivity contribution is -0.123. The van der Waals surface area contributed by atoms with Crippen molar-refractivity contribution in [2.75, 3.05) is 6.61 Å². The van der Waals surface area contributed by atoms with Gasteiger partial charge in [-0.1, -0.05) is 43.7 Å². The summed E-state index contributed by atoms with van der Waals surface area (Å²) in [6.45, 7) is 12.4. The molecule has 2 aromatic rings. The lowest BCUT2D eigenvalue weighted by Gasteiger charge is -2.25. The van der Waals surface area contributed by atoms with E-state index in [1.165, 1.54) is 5.56 Å². The largest absolute Gasteiger partial charge is 0.468 e. The predicted molar refractivity (Wildman–Crippen MR) is 117 cm³/mol. The van der Waals surface area contributed by atoms with Crippen LogP contribution in [0.25, 0.3) is 0 Å². The number of rotatable bonds is 6. The van der Waals surface area contributed by atoms with E-state index in [-0.39, 0.29) is 24.6 Å². The lowest BCUT2D eigenvalue weighted by atomic mass is 9.89. The molecule has 0 aliphatic carbocycles. The minimum Gasteiger partial charge on any atom is -0.468 e. The molecule has 1 amide bonds. The van der Waals surface area contributed by atoms with Gasteiger partial charge in [0, 0.05) is 23.8 Å². The fourth-order valence-electron chi connectivity index (χ4n) is 3.70. The molecule has 3 rings (SSSR count). The summed E-state index contributed by atoms with van der Waals surface area (Å²) in [5.41, 5.74) is 6.63. The topological polar surface area (TPSA) is 63.6 Å². The van der Waals surface area contributed by atoms with Crippen LogP contribution in [0.3, 0.4) is 0 Å². The average Bonchev–Trinajstić information content (AvgIpc) is 2.65. The van der Waals surface area contributed by atoms with Gasteiger partial charge in [-0.25, -0.2) is 4.98 Å². The number of hydrogen-bond donors (Lipinski definition) is 1. The molecule has 1 aliphatic rings. The Kier molecular flexibility index (Phi) is 6.36. The van der Waals surface area contributed by atoms with Crippen molar-refractivity contribution in [1.29, 1.82) is 0 Å². The first-order chi connectivity index (χ1) is 13.7. The van der Waals surface area contributed by atoms with Crippen molar-refractivity contribution in [3.05, 3.63) is 58.3 Å². The monoisotopic (exact) mass is 393 g/mol. The normalized spacial score (nSPS) is 16.8. The van der Waals surface area contributed by atoms with E-state index < -0.39 is 0 Å². The van der Waals surface area contributed by atoms with Gasteiger partial charge in [-0.3, -0.25) is 9.79 Å². The molecule has 1 aromatic carbocycles. The van der Waals surface area contributed by atoms with Crippen LogP contribution in [0.5, 0.6) is 5.88 Å². The lowest BCUT2D eigenvalue weighted by Crippen LogP contribution is -2.31. The van der Waals surface area contributed by atoms with Gasteiger partial charge in [-0.2, -0.15) is 0 Å². The molecular weight excluding hydrogens is 362 g/mol. The highest BCUT2D eigenvalue weighted by Crippen LogP contribution is 2.27. The fraction of sp³-hybridized carbons (Fsp3) is 0.458. The molecule has 0 saturated heterocycles. The van der Waals surface area contributed by atoms with Gasteiger partial charge in [0.15, 0.2) is 6.61 Å². The van der Waals surface area contributed by atoms with Crippen molar-refractivity contribution in [2.24, 2.45) is 10.9 Å². The Balaban J connectivity index is 1.66. The molecule has 1 unspecified atom stereocenters. The summed E-state index contributed by atoms with van der Waals surface area (Å²) >= 11 is 0. The molecule has 5 heteroatoms. The summed E-state index contributed by atoms with van der Waals surface area (Å²) in [5, 5.41) is 2.98. The second-order valence-electron chi connectivity index (χ2n) is 8.31. The van der Waals surface area contributed by atoms with Gasteiger partial charge in [-0.15, -0.1) is 0 Å². The zero-order chi connectivity index (χ0) is 21.1. The number of benzene rings is 1. The highest BCUT2D eigenvalue weighted by Gasteiger charge is 2.24. The minimum absolute atomic E-state index is 0.0535. The molecule has 29 heavy (non-hydrogen) atoms. The number of carbonyl (C=O) groups is 1. The SMILES string of the molecule is Cc1ccc([C@H](C)NC(=O)COc2cc(C)c3c(n2)CC(C)N=C3C(C)C)cc1. The summed E-state index contributed by atoms with van der Waals surface area (Å²) in [6.07, 6.45) is 0.792. The van der Waals surface area contributed by atoms with Gasteiger partial charge < -0.3 is 10.1 Å². The Bertz CT molecular complexity index is 916. The number of carbonyl (C=O) groups excluding carboxylic acids is 1. The zero-order valence-corrected chi connectivity index (χ0v) is 18.2. The number of aliphatic imine (C=N–C) groups is 1. The number of aryl methyl sites for hydroxylation is 2. The average molecular weight is 394 g/mol. The number of amides is 1. The minimum atomic E-state index is -0.159. The van der Waals surface area contributed by atoms with Gasteiger partial charge in [0.1, 0.15) is 0 Å². The predicted octanol–water partition coefficient (Wildman–Crippen LogP) is 4.34. The maximum atomic E-state index is 12.4. The van der Waals surface area contributed by atoms with E-state index >= 15 is 0 Å². The Labute approximate surface area is 173 Å². The quantitative estimate of drug-likeness (QED) is 0.794. The van der Waals surface area contributed by atoms with Crippen LogP contribution >= 0.6 is 0 Å². The third-order valence-electron chi connectivity index (χ3n) is 5.23. The zero-order valence-electron chi connectivity index (χ0n) is 18.2. The van der Waals surface area contributed by atoms with Crippen LogP contribution in [0, 0.1) is 19.8 Å². The third kappa shape index (κ3) is 5.03.